The molecular weight excluding hydrogens is 319 g/mol. The lowest BCUT2D eigenvalue weighted by molar-refractivity contribution is -0.120. The van der Waals surface area contributed by atoms with Gasteiger partial charge < -0.3 is 10.2 Å². The maximum atomic E-state index is 13.1. The monoisotopic (exact) mass is 338 g/mol. The van der Waals surface area contributed by atoms with Crippen molar-refractivity contribution in [3.05, 3.63) is 53.5 Å². The molecule has 2 aromatic rings. The molecule has 0 radical (unpaired) electrons. The predicted octanol–water partition coefficient (Wildman–Crippen LogP) is 3.26. The van der Waals surface area contributed by atoms with Crippen LogP contribution in [0.25, 0.3) is 0 Å². The normalized spacial score (nSPS) is 14.8. The molecule has 6 heteroatoms. The Morgan fingerprint density at radius 2 is 2.08 bits per heavy atom. The van der Waals surface area contributed by atoms with Gasteiger partial charge in [-0.2, -0.15) is 5.26 Å². The summed E-state index contributed by atoms with van der Waals surface area (Å²) in [6.07, 6.45) is 3.02. The number of aromatic nitrogens is 1. The molecule has 1 aromatic heterocycles. The molecule has 0 atom stereocenters. The average Bonchev–Trinajstić information content (AvgIpc) is 2.64. The summed E-state index contributed by atoms with van der Waals surface area (Å²) >= 11 is 0. The number of nitrogens with zero attached hydrogens (tertiary/aromatic N) is 3. The number of anilines is 2. The topological polar surface area (TPSA) is 69.0 Å². The van der Waals surface area contributed by atoms with E-state index in [9.17, 15) is 9.18 Å². The van der Waals surface area contributed by atoms with Gasteiger partial charge in [0.1, 0.15) is 17.7 Å². The highest BCUT2D eigenvalue weighted by Crippen LogP contribution is 2.24. The van der Waals surface area contributed by atoms with Crippen LogP contribution in [0.15, 0.2) is 36.5 Å². The Hall–Kier alpha value is -2.94. The molecule has 1 aromatic carbocycles. The second-order valence-corrected chi connectivity index (χ2v) is 6.23. The number of amides is 1. The Bertz CT molecular complexity index is 805. The van der Waals surface area contributed by atoms with Gasteiger partial charge in [0.25, 0.3) is 0 Å². The van der Waals surface area contributed by atoms with Crippen molar-refractivity contribution >= 4 is 17.4 Å². The van der Waals surface area contributed by atoms with Gasteiger partial charge in [-0.25, -0.2) is 9.37 Å². The summed E-state index contributed by atoms with van der Waals surface area (Å²) in [4.78, 5) is 18.9. The number of aryl methyl sites for hydroxylation is 1. The van der Waals surface area contributed by atoms with E-state index in [1.165, 1.54) is 12.1 Å². The van der Waals surface area contributed by atoms with E-state index in [-0.39, 0.29) is 17.6 Å². The Morgan fingerprint density at radius 3 is 2.68 bits per heavy atom. The molecule has 0 aliphatic carbocycles. The minimum absolute atomic E-state index is 0.0258. The van der Waals surface area contributed by atoms with Crippen LogP contribution < -0.4 is 10.2 Å². The SMILES string of the molecule is Cc1cc(F)ccc1NC(=O)C1CCN(c2ccc(C#N)cn2)CC1. The molecule has 0 saturated carbocycles. The van der Waals surface area contributed by atoms with E-state index in [1.54, 1.807) is 25.3 Å². The lowest BCUT2D eigenvalue weighted by atomic mass is 9.95. The third-order valence-corrected chi connectivity index (χ3v) is 4.51. The largest absolute Gasteiger partial charge is 0.357 e. The second kappa shape index (κ2) is 7.31. The van der Waals surface area contributed by atoms with Crippen LogP contribution in [0.2, 0.25) is 0 Å². The zero-order valence-corrected chi connectivity index (χ0v) is 14.0. The third kappa shape index (κ3) is 3.94. The fraction of sp³-hybridized carbons (Fsp3) is 0.316. The van der Waals surface area contributed by atoms with Gasteiger partial charge in [0.05, 0.1) is 5.56 Å². The molecule has 1 saturated heterocycles. The number of halogens is 1. The molecule has 0 unspecified atom stereocenters. The number of carbonyl (C=O) groups excluding carboxylic acids is 1. The van der Waals surface area contributed by atoms with E-state index in [1.807, 2.05) is 6.07 Å². The van der Waals surface area contributed by atoms with E-state index in [0.29, 0.717) is 16.8 Å². The third-order valence-electron chi connectivity index (χ3n) is 4.51. The Morgan fingerprint density at radius 1 is 1.32 bits per heavy atom. The molecule has 1 aliphatic heterocycles. The number of pyridine rings is 1. The van der Waals surface area contributed by atoms with E-state index >= 15 is 0 Å². The van der Waals surface area contributed by atoms with Crippen molar-refractivity contribution in [2.45, 2.75) is 19.8 Å². The zero-order valence-electron chi connectivity index (χ0n) is 14.0. The number of benzene rings is 1. The number of nitriles is 1. The standard InChI is InChI=1S/C19H19FN4O/c1-13-10-16(20)3-4-17(13)23-19(25)15-6-8-24(9-7-15)18-5-2-14(11-21)12-22-18/h2-5,10,12,15H,6-9H2,1H3,(H,23,25). The van der Waals surface area contributed by atoms with Gasteiger partial charge >= 0.3 is 0 Å². The maximum absolute atomic E-state index is 13.1. The Labute approximate surface area is 146 Å². The molecule has 5 nitrogen and oxygen atoms in total. The van der Waals surface area contributed by atoms with Crippen LogP contribution in [-0.2, 0) is 4.79 Å². The van der Waals surface area contributed by atoms with Gasteiger partial charge in [-0.15, -0.1) is 0 Å². The highest BCUT2D eigenvalue weighted by atomic mass is 19.1. The van der Waals surface area contributed by atoms with Crippen molar-refractivity contribution in [3.8, 4) is 6.07 Å². The lowest BCUT2D eigenvalue weighted by Gasteiger charge is -2.32. The van der Waals surface area contributed by atoms with E-state index in [0.717, 1.165) is 31.7 Å². The number of hydrogen-bond donors (Lipinski definition) is 1. The molecule has 25 heavy (non-hydrogen) atoms. The van der Waals surface area contributed by atoms with Crippen LogP contribution >= 0.6 is 0 Å². The van der Waals surface area contributed by atoms with Crippen LogP contribution in [-0.4, -0.2) is 24.0 Å². The minimum Gasteiger partial charge on any atom is -0.357 e. The smallest absolute Gasteiger partial charge is 0.227 e. The van der Waals surface area contributed by atoms with Crippen molar-refractivity contribution in [1.29, 1.82) is 5.26 Å². The molecule has 1 N–H and O–H groups in total. The first-order valence-corrected chi connectivity index (χ1v) is 8.25. The highest BCUT2D eigenvalue weighted by molar-refractivity contribution is 5.93. The molecule has 1 amide bonds. The van der Waals surface area contributed by atoms with Crippen molar-refractivity contribution < 1.29 is 9.18 Å². The molecule has 0 bridgehead atoms. The van der Waals surface area contributed by atoms with Crippen LogP contribution in [0.5, 0.6) is 0 Å². The summed E-state index contributed by atoms with van der Waals surface area (Å²) in [6, 6.07) is 9.99. The summed E-state index contributed by atoms with van der Waals surface area (Å²) in [6.45, 7) is 3.25. The van der Waals surface area contributed by atoms with Gasteiger partial charge in [0, 0.05) is 30.9 Å². The van der Waals surface area contributed by atoms with Gasteiger partial charge in [-0.05, 0) is 55.7 Å². The van der Waals surface area contributed by atoms with Crippen LogP contribution in [0.3, 0.4) is 0 Å². The van der Waals surface area contributed by atoms with Gasteiger partial charge in [0.15, 0.2) is 0 Å². The van der Waals surface area contributed by atoms with E-state index in [2.05, 4.69) is 21.3 Å². The number of piperidine rings is 1. The fourth-order valence-corrected chi connectivity index (χ4v) is 3.01. The average molecular weight is 338 g/mol. The van der Waals surface area contributed by atoms with Crippen LogP contribution in [0.1, 0.15) is 24.0 Å². The molecule has 2 heterocycles. The quantitative estimate of drug-likeness (QED) is 0.933. The van der Waals surface area contributed by atoms with Gasteiger partial charge in [-0.1, -0.05) is 0 Å². The number of carbonyl (C=O) groups is 1. The summed E-state index contributed by atoms with van der Waals surface area (Å²) in [5.41, 5.74) is 1.91. The Kier molecular flexibility index (Phi) is 4.94. The number of nitrogens with one attached hydrogen (secondary N) is 1. The molecule has 128 valence electrons. The summed E-state index contributed by atoms with van der Waals surface area (Å²) < 4.78 is 13.1. The molecular formula is C19H19FN4O. The summed E-state index contributed by atoms with van der Waals surface area (Å²) in [7, 11) is 0. The van der Waals surface area contributed by atoms with Crippen LogP contribution in [0, 0.1) is 30.0 Å². The van der Waals surface area contributed by atoms with Gasteiger partial charge in [-0.3, -0.25) is 4.79 Å². The van der Waals surface area contributed by atoms with Crippen molar-refractivity contribution in [3.63, 3.8) is 0 Å². The predicted molar refractivity (Wildman–Crippen MR) is 93.7 cm³/mol. The first-order valence-electron chi connectivity index (χ1n) is 8.25. The second-order valence-electron chi connectivity index (χ2n) is 6.23. The first kappa shape index (κ1) is 16.9. The van der Waals surface area contributed by atoms with Crippen LogP contribution in [0.4, 0.5) is 15.9 Å². The molecule has 0 spiro atoms. The molecule has 1 aliphatic rings. The minimum atomic E-state index is -0.307. The summed E-state index contributed by atoms with van der Waals surface area (Å²) in [5, 5.41) is 11.7. The fourth-order valence-electron chi connectivity index (χ4n) is 3.01. The van der Waals surface area contributed by atoms with Crippen molar-refractivity contribution in [1.82, 2.24) is 4.98 Å². The van der Waals surface area contributed by atoms with Gasteiger partial charge in [0.2, 0.25) is 5.91 Å². The summed E-state index contributed by atoms with van der Waals surface area (Å²) in [5.74, 6) is 0.423. The van der Waals surface area contributed by atoms with E-state index in [4.69, 9.17) is 5.26 Å². The first-order chi connectivity index (χ1) is 12.1. The van der Waals surface area contributed by atoms with Crippen molar-refractivity contribution in [2.24, 2.45) is 5.92 Å². The molecule has 1 fully saturated rings. The highest BCUT2D eigenvalue weighted by Gasteiger charge is 2.26. The number of hydrogen-bond acceptors (Lipinski definition) is 4. The van der Waals surface area contributed by atoms with Crippen molar-refractivity contribution in [2.75, 3.05) is 23.3 Å². The molecule has 3 rings (SSSR count). The maximum Gasteiger partial charge on any atom is 0.227 e. The lowest BCUT2D eigenvalue weighted by Crippen LogP contribution is -2.38. The number of rotatable bonds is 3. The Balaban J connectivity index is 1.57. The van der Waals surface area contributed by atoms with E-state index < -0.39 is 0 Å². The zero-order chi connectivity index (χ0) is 17.8.